The van der Waals surface area contributed by atoms with E-state index in [1.165, 1.54) is 25.7 Å². The van der Waals surface area contributed by atoms with E-state index in [1.54, 1.807) is 0 Å². The maximum absolute atomic E-state index is 9.28. The first-order chi connectivity index (χ1) is 6.30. The first-order valence-corrected chi connectivity index (χ1v) is 5.47. The van der Waals surface area contributed by atoms with Crippen molar-refractivity contribution >= 4 is 0 Å². The standard InChI is InChI=1S/C11H18N2/c1-2-13-11(8-12)7-9-3-5-10(11)6-4-9/h9-10,13H,2-7H2,1H3. The van der Waals surface area contributed by atoms with Gasteiger partial charge in [-0.25, -0.2) is 0 Å². The van der Waals surface area contributed by atoms with Gasteiger partial charge in [-0.1, -0.05) is 6.92 Å². The van der Waals surface area contributed by atoms with E-state index in [4.69, 9.17) is 0 Å². The van der Waals surface area contributed by atoms with Gasteiger partial charge in [0.25, 0.3) is 0 Å². The minimum Gasteiger partial charge on any atom is -0.299 e. The van der Waals surface area contributed by atoms with Gasteiger partial charge in [-0.05, 0) is 50.5 Å². The highest BCUT2D eigenvalue weighted by molar-refractivity contribution is 5.15. The van der Waals surface area contributed by atoms with Crippen LogP contribution < -0.4 is 5.32 Å². The lowest BCUT2D eigenvalue weighted by atomic mass is 9.61. The largest absolute Gasteiger partial charge is 0.299 e. The van der Waals surface area contributed by atoms with Gasteiger partial charge >= 0.3 is 0 Å². The van der Waals surface area contributed by atoms with Gasteiger partial charge in [0.15, 0.2) is 0 Å². The molecule has 13 heavy (non-hydrogen) atoms. The van der Waals surface area contributed by atoms with Crippen LogP contribution in [-0.2, 0) is 0 Å². The van der Waals surface area contributed by atoms with E-state index in [1.807, 2.05) is 0 Å². The van der Waals surface area contributed by atoms with Crippen LogP contribution in [0, 0.1) is 23.2 Å². The summed E-state index contributed by atoms with van der Waals surface area (Å²) in [5.74, 6) is 1.45. The van der Waals surface area contributed by atoms with Crippen LogP contribution in [0.15, 0.2) is 0 Å². The zero-order chi connectivity index (χ0) is 9.31. The lowest BCUT2D eigenvalue weighted by molar-refractivity contribution is 0.0808. The molecule has 1 N–H and O–H groups in total. The smallest absolute Gasteiger partial charge is 0.109 e. The van der Waals surface area contributed by atoms with Gasteiger partial charge in [-0.3, -0.25) is 5.32 Å². The first kappa shape index (κ1) is 9.02. The van der Waals surface area contributed by atoms with Crippen LogP contribution in [0.25, 0.3) is 0 Å². The lowest BCUT2D eigenvalue weighted by Gasteiger charge is -2.48. The first-order valence-electron chi connectivity index (χ1n) is 5.47. The van der Waals surface area contributed by atoms with Crippen molar-refractivity contribution in [2.24, 2.45) is 11.8 Å². The highest BCUT2D eigenvalue weighted by Gasteiger charge is 2.47. The van der Waals surface area contributed by atoms with Crippen molar-refractivity contribution in [1.82, 2.24) is 5.32 Å². The van der Waals surface area contributed by atoms with E-state index in [0.29, 0.717) is 5.92 Å². The predicted octanol–water partition coefficient (Wildman–Crippen LogP) is 2.07. The van der Waals surface area contributed by atoms with Gasteiger partial charge in [0.1, 0.15) is 5.54 Å². The topological polar surface area (TPSA) is 35.8 Å². The molecule has 2 bridgehead atoms. The lowest BCUT2D eigenvalue weighted by Crippen LogP contribution is -2.56. The molecular weight excluding hydrogens is 160 g/mol. The average molecular weight is 178 g/mol. The Hall–Kier alpha value is -0.550. The fourth-order valence-electron chi connectivity index (χ4n) is 3.19. The van der Waals surface area contributed by atoms with Crippen molar-refractivity contribution in [3.8, 4) is 6.07 Å². The van der Waals surface area contributed by atoms with Crippen LogP contribution in [0.4, 0.5) is 0 Å². The molecule has 0 spiro atoms. The van der Waals surface area contributed by atoms with Gasteiger partial charge < -0.3 is 0 Å². The molecule has 0 aromatic carbocycles. The summed E-state index contributed by atoms with van der Waals surface area (Å²) >= 11 is 0. The quantitative estimate of drug-likeness (QED) is 0.702. The summed E-state index contributed by atoms with van der Waals surface area (Å²) in [6.07, 6.45) is 6.36. The van der Waals surface area contributed by atoms with Gasteiger partial charge in [0.2, 0.25) is 0 Å². The van der Waals surface area contributed by atoms with Gasteiger partial charge in [-0.2, -0.15) is 5.26 Å². The van der Waals surface area contributed by atoms with Crippen molar-refractivity contribution in [1.29, 1.82) is 5.26 Å². The Bertz CT molecular complexity index is 223. The SMILES string of the molecule is CCNC1(C#N)CC2CCC1CC2. The summed E-state index contributed by atoms with van der Waals surface area (Å²) in [6, 6.07) is 2.54. The summed E-state index contributed by atoms with van der Waals surface area (Å²) in [5.41, 5.74) is -0.157. The average Bonchev–Trinajstić information content (AvgIpc) is 2.20. The van der Waals surface area contributed by atoms with Gasteiger partial charge in [0, 0.05) is 0 Å². The second-order valence-corrected chi connectivity index (χ2v) is 4.54. The van der Waals surface area contributed by atoms with Crippen molar-refractivity contribution in [2.75, 3.05) is 6.54 Å². The Morgan fingerprint density at radius 1 is 1.38 bits per heavy atom. The number of fused-ring (bicyclic) bond motifs is 3. The fraction of sp³-hybridized carbons (Fsp3) is 0.909. The Morgan fingerprint density at radius 3 is 2.46 bits per heavy atom. The molecule has 72 valence electrons. The van der Waals surface area contributed by atoms with Gasteiger partial charge in [0.05, 0.1) is 6.07 Å². The van der Waals surface area contributed by atoms with Crippen molar-refractivity contribution in [2.45, 2.75) is 44.6 Å². The van der Waals surface area contributed by atoms with E-state index >= 15 is 0 Å². The molecule has 2 heteroatoms. The van der Waals surface area contributed by atoms with Crippen LogP contribution in [0.3, 0.4) is 0 Å². The van der Waals surface area contributed by atoms with E-state index in [2.05, 4.69) is 18.3 Å². The third-order valence-electron chi connectivity index (χ3n) is 3.85. The molecule has 0 aliphatic heterocycles. The molecule has 2 nitrogen and oxygen atoms in total. The molecule has 3 aliphatic rings. The maximum atomic E-state index is 9.28. The molecule has 1 unspecified atom stereocenters. The summed E-state index contributed by atoms with van der Waals surface area (Å²) < 4.78 is 0. The summed E-state index contributed by atoms with van der Waals surface area (Å²) in [4.78, 5) is 0. The zero-order valence-electron chi connectivity index (χ0n) is 8.34. The van der Waals surface area contributed by atoms with Crippen LogP contribution >= 0.6 is 0 Å². The van der Waals surface area contributed by atoms with Crippen LogP contribution in [0.2, 0.25) is 0 Å². The highest BCUT2D eigenvalue weighted by Crippen LogP contribution is 2.46. The number of hydrogen-bond acceptors (Lipinski definition) is 2. The number of nitrogens with one attached hydrogen (secondary N) is 1. The normalized spacial score (nSPS) is 43.1. The summed E-state index contributed by atoms with van der Waals surface area (Å²) in [5, 5.41) is 12.7. The third kappa shape index (κ3) is 1.36. The molecule has 0 aromatic heterocycles. The second kappa shape index (κ2) is 3.31. The molecule has 3 fully saturated rings. The fourth-order valence-corrected chi connectivity index (χ4v) is 3.19. The Balaban J connectivity index is 2.17. The molecule has 0 aromatic rings. The minimum absolute atomic E-state index is 0.157. The molecule has 1 atom stereocenters. The zero-order valence-corrected chi connectivity index (χ0v) is 8.34. The van der Waals surface area contributed by atoms with Crippen LogP contribution in [0.1, 0.15) is 39.0 Å². The molecule has 0 heterocycles. The van der Waals surface area contributed by atoms with E-state index in [-0.39, 0.29) is 5.54 Å². The Kier molecular flexibility index (Phi) is 2.29. The Morgan fingerprint density at radius 2 is 2.08 bits per heavy atom. The second-order valence-electron chi connectivity index (χ2n) is 4.54. The van der Waals surface area contributed by atoms with Crippen LogP contribution in [-0.4, -0.2) is 12.1 Å². The molecule has 3 saturated carbocycles. The van der Waals surface area contributed by atoms with Crippen LogP contribution in [0.5, 0.6) is 0 Å². The van der Waals surface area contributed by atoms with Crippen molar-refractivity contribution < 1.29 is 0 Å². The van der Waals surface area contributed by atoms with E-state index in [0.717, 1.165) is 18.9 Å². The Labute approximate surface area is 80.3 Å². The minimum atomic E-state index is -0.157. The predicted molar refractivity (Wildman–Crippen MR) is 52.1 cm³/mol. The van der Waals surface area contributed by atoms with Gasteiger partial charge in [-0.15, -0.1) is 0 Å². The highest BCUT2D eigenvalue weighted by atomic mass is 15.0. The maximum Gasteiger partial charge on any atom is 0.109 e. The van der Waals surface area contributed by atoms with E-state index < -0.39 is 0 Å². The molecular formula is C11H18N2. The number of nitrogens with zero attached hydrogens (tertiary/aromatic N) is 1. The molecule has 0 saturated heterocycles. The van der Waals surface area contributed by atoms with E-state index in [9.17, 15) is 5.26 Å². The van der Waals surface area contributed by atoms with Crippen molar-refractivity contribution in [3.05, 3.63) is 0 Å². The van der Waals surface area contributed by atoms with Crippen molar-refractivity contribution in [3.63, 3.8) is 0 Å². The molecule has 3 aliphatic carbocycles. The molecule has 3 rings (SSSR count). The number of hydrogen-bond donors (Lipinski definition) is 1. The number of nitriles is 1. The monoisotopic (exact) mass is 178 g/mol. The summed E-state index contributed by atoms with van der Waals surface area (Å²) in [6.45, 7) is 3.03. The molecule has 0 amide bonds. The third-order valence-corrected chi connectivity index (χ3v) is 3.85. The number of rotatable bonds is 2. The molecule has 0 radical (unpaired) electrons. The summed E-state index contributed by atoms with van der Waals surface area (Å²) in [7, 11) is 0.